The van der Waals surface area contributed by atoms with Gasteiger partial charge < -0.3 is 5.73 Å². The zero-order valence-electron chi connectivity index (χ0n) is 9.44. The molecule has 1 aromatic heterocycles. The Morgan fingerprint density at radius 1 is 1.18 bits per heavy atom. The van der Waals surface area contributed by atoms with Crippen molar-refractivity contribution in [2.45, 2.75) is 12.8 Å². The number of halogens is 1. The maximum atomic E-state index is 5.54. The van der Waals surface area contributed by atoms with Gasteiger partial charge in [0.05, 0.1) is 5.69 Å². The van der Waals surface area contributed by atoms with E-state index >= 15 is 0 Å². The van der Waals surface area contributed by atoms with Crippen LogP contribution in [-0.2, 0) is 6.42 Å². The maximum Gasteiger partial charge on any atom is 0.116 e. The minimum absolute atomic E-state index is 0.689. The first kappa shape index (κ1) is 12.2. The lowest BCUT2D eigenvalue weighted by atomic mass is 10.0. The van der Waals surface area contributed by atoms with Crippen molar-refractivity contribution < 1.29 is 0 Å². The first-order chi connectivity index (χ1) is 8.31. The Hall–Kier alpha value is -1.26. The molecule has 0 aliphatic heterocycles. The van der Waals surface area contributed by atoms with E-state index in [0.29, 0.717) is 6.54 Å². The van der Waals surface area contributed by atoms with Crippen molar-refractivity contribution in [3.05, 3.63) is 46.8 Å². The fourth-order valence-corrected chi connectivity index (χ4v) is 1.97. The predicted molar refractivity (Wildman–Crippen MR) is 72.5 cm³/mol. The van der Waals surface area contributed by atoms with Crippen molar-refractivity contribution in [3.8, 4) is 11.3 Å². The predicted octanol–water partition coefficient (Wildman–Crippen LogP) is 2.80. The third-order valence-corrected chi connectivity index (χ3v) is 3.08. The molecule has 0 aliphatic rings. The van der Waals surface area contributed by atoms with E-state index in [-0.39, 0.29) is 0 Å². The van der Waals surface area contributed by atoms with E-state index in [9.17, 15) is 0 Å². The molecule has 88 valence electrons. The average Bonchev–Trinajstić information content (AvgIpc) is 2.38. The number of hydrogen-bond donors (Lipinski definition) is 1. The molecule has 2 N–H and O–H groups in total. The van der Waals surface area contributed by atoms with Crippen molar-refractivity contribution in [2.75, 3.05) is 6.54 Å². The summed E-state index contributed by atoms with van der Waals surface area (Å²) in [5.41, 5.74) is 8.81. The van der Waals surface area contributed by atoms with Gasteiger partial charge in [-0.3, -0.25) is 0 Å². The molecule has 4 heteroatoms. The molecular formula is C13H14BrN3. The van der Waals surface area contributed by atoms with Gasteiger partial charge in [-0.1, -0.05) is 28.1 Å². The minimum atomic E-state index is 0.689. The summed E-state index contributed by atoms with van der Waals surface area (Å²) in [4.78, 5) is 8.44. The fourth-order valence-electron chi connectivity index (χ4n) is 1.70. The van der Waals surface area contributed by atoms with Gasteiger partial charge in [-0.2, -0.15) is 0 Å². The van der Waals surface area contributed by atoms with Crippen LogP contribution in [0.3, 0.4) is 0 Å². The summed E-state index contributed by atoms with van der Waals surface area (Å²) in [5, 5.41) is 0. The highest BCUT2D eigenvalue weighted by Gasteiger charge is 2.06. The molecule has 1 heterocycles. The maximum absolute atomic E-state index is 5.54. The Morgan fingerprint density at radius 2 is 1.94 bits per heavy atom. The second-order valence-electron chi connectivity index (χ2n) is 3.80. The molecular weight excluding hydrogens is 278 g/mol. The number of aromatic nitrogens is 2. The molecule has 2 rings (SSSR count). The van der Waals surface area contributed by atoms with Crippen LogP contribution < -0.4 is 5.73 Å². The fraction of sp³-hybridized carbons (Fsp3) is 0.231. The van der Waals surface area contributed by atoms with Gasteiger partial charge in [-0.05, 0) is 37.1 Å². The Balaban J connectivity index is 2.33. The van der Waals surface area contributed by atoms with E-state index < -0.39 is 0 Å². The zero-order valence-corrected chi connectivity index (χ0v) is 11.0. The minimum Gasteiger partial charge on any atom is -0.330 e. The van der Waals surface area contributed by atoms with Gasteiger partial charge >= 0.3 is 0 Å². The first-order valence-corrected chi connectivity index (χ1v) is 6.35. The van der Waals surface area contributed by atoms with Gasteiger partial charge in [0.2, 0.25) is 0 Å². The van der Waals surface area contributed by atoms with E-state index in [1.807, 2.05) is 18.3 Å². The SMILES string of the molecule is NCCCc1cncnc1-c1ccc(Br)cc1. The molecule has 0 amide bonds. The van der Waals surface area contributed by atoms with Crippen molar-refractivity contribution in [1.29, 1.82) is 0 Å². The topological polar surface area (TPSA) is 51.8 Å². The summed E-state index contributed by atoms with van der Waals surface area (Å²) in [5.74, 6) is 0. The molecule has 17 heavy (non-hydrogen) atoms. The van der Waals surface area contributed by atoms with Crippen LogP contribution in [0, 0.1) is 0 Å². The Kier molecular flexibility index (Phi) is 4.23. The van der Waals surface area contributed by atoms with Gasteiger partial charge in [0.1, 0.15) is 6.33 Å². The number of benzene rings is 1. The van der Waals surface area contributed by atoms with Crippen LogP contribution in [0.15, 0.2) is 41.3 Å². The first-order valence-electron chi connectivity index (χ1n) is 5.56. The van der Waals surface area contributed by atoms with Crippen LogP contribution in [0.5, 0.6) is 0 Å². The molecule has 0 fully saturated rings. The normalized spacial score (nSPS) is 10.5. The van der Waals surface area contributed by atoms with Crippen molar-refractivity contribution in [2.24, 2.45) is 5.73 Å². The highest BCUT2D eigenvalue weighted by molar-refractivity contribution is 9.10. The third-order valence-electron chi connectivity index (χ3n) is 2.56. The number of hydrogen-bond acceptors (Lipinski definition) is 3. The van der Waals surface area contributed by atoms with E-state index in [2.05, 4.69) is 38.0 Å². The second-order valence-corrected chi connectivity index (χ2v) is 4.71. The van der Waals surface area contributed by atoms with Crippen LogP contribution in [0.2, 0.25) is 0 Å². The molecule has 1 aromatic carbocycles. The van der Waals surface area contributed by atoms with Gasteiger partial charge in [0, 0.05) is 16.2 Å². The largest absolute Gasteiger partial charge is 0.330 e. The van der Waals surface area contributed by atoms with Crippen LogP contribution >= 0.6 is 15.9 Å². The Labute approximate surface area is 109 Å². The number of aryl methyl sites for hydroxylation is 1. The van der Waals surface area contributed by atoms with Crippen LogP contribution in [0.25, 0.3) is 11.3 Å². The Bertz CT molecular complexity index is 482. The zero-order chi connectivity index (χ0) is 12.1. The summed E-state index contributed by atoms with van der Waals surface area (Å²) in [7, 11) is 0. The molecule has 0 aliphatic carbocycles. The molecule has 2 aromatic rings. The standard InChI is InChI=1S/C13H14BrN3/c14-12-5-3-10(4-6-12)13-11(2-1-7-15)8-16-9-17-13/h3-6,8-9H,1-2,7,15H2. The lowest BCUT2D eigenvalue weighted by molar-refractivity contribution is 0.825. The molecule has 0 radical (unpaired) electrons. The molecule has 0 unspecified atom stereocenters. The van der Waals surface area contributed by atoms with Crippen LogP contribution in [0.4, 0.5) is 0 Å². The molecule has 0 saturated carbocycles. The van der Waals surface area contributed by atoms with Crippen molar-refractivity contribution >= 4 is 15.9 Å². The van der Waals surface area contributed by atoms with E-state index in [1.54, 1.807) is 6.33 Å². The quantitative estimate of drug-likeness (QED) is 0.942. The molecule has 0 atom stereocenters. The second kappa shape index (κ2) is 5.89. The smallest absolute Gasteiger partial charge is 0.116 e. The van der Waals surface area contributed by atoms with Crippen LogP contribution in [-0.4, -0.2) is 16.5 Å². The third kappa shape index (κ3) is 3.11. The number of rotatable bonds is 4. The molecule has 0 saturated heterocycles. The van der Waals surface area contributed by atoms with E-state index in [0.717, 1.165) is 34.1 Å². The lowest BCUT2D eigenvalue weighted by Gasteiger charge is -2.07. The average molecular weight is 292 g/mol. The van der Waals surface area contributed by atoms with Gasteiger partial charge in [0.25, 0.3) is 0 Å². The molecule has 0 spiro atoms. The summed E-state index contributed by atoms with van der Waals surface area (Å²) in [6, 6.07) is 8.14. The monoisotopic (exact) mass is 291 g/mol. The van der Waals surface area contributed by atoms with Crippen molar-refractivity contribution in [3.63, 3.8) is 0 Å². The van der Waals surface area contributed by atoms with E-state index in [4.69, 9.17) is 5.73 Å². The highest BCUT2D eigenvalue weighted by Crippen LogP contribution is 2.23. The molecule has 0 bridgehead atoms. The van der Waals surface area contributed by atoms with Gasteiger partial charge in [-0.25, -0.2) is 9.97 Å². The number of nitrogens with zero attached hydrogens (tertiary/aromatic N) is 2. The van der Waals surface area contributed by atoms with Crippen molar-refractivity contribution in [1.82, 2.24) is 9.97 Å². The number of nitrogens with two attached hydrogens (primary N) is 1. The lowest BCUT2D eigenvalue weighted by Crippen LogP contribution is -2.02. The van der Waals surface area contributed by atoms with Crippen LogP contribution in [0.1, 0.15) is 12.0 Å². The van der Waals surface area contributed by atoms with Gasteiger partial charge in [-0.15, -0.1) is 0 Å². The summed E-state index contributed by atoms with van der Waals surface area (Å²) in [6.07, 6.45) is 5.34. The summed E-state index contributed by atoms with van der Waals surface area (Å²) >= 11 is 3.43. The Morgan fingerprint density at radius 3 is 2.65 bits per heavy atom. The van der Waals surface area contributed by atoms with E-state index in [1.165, 1.54) is 0 Å². The summed E-state index contributed by atoms with van der Waals surface area (Å²) in [6.45, 7) is 0.689. The highest BCUT2D eigenvalue weighted by atomic mass is 79.9. The summed E-state index contributed by atoms with van der Waals surface area (Å²) < 4.78 is 1.07. The molecule has 3 nitrogen and oxygen atoms in total. The van der Waals surface area contributed by atoms with Gasteiger partial charge in [0.15, 0.2) is 0 Å².